The van der Waals surface area contributed by atoms with Crippen molar-refractivity contribution in [2.45, 2.75) is 12.3 Å². The maximum atomic E-state index is 4.10. The van der Waals surface area contributed by atoms with Crippen LogP contribution in [0, 0.1) is 6.92 Å². The molecule has 0 heteroatoms. The van der Waals surface area contributed by atoms with Crippen LogP contribution in [0.2, 0.25) is 0 Å². The van der Waals surface area contributed by atoms with E-state index in [-0.39, 0.29) is 5.41 Å². The number of hydrogen-bond donors (Lipinski definition) is 0. The molecule has 0 amide bonds. The summed E-state index contributed by atoms with van der Waals surface area (Å²) in [6.45, 7) is 6.30. The Morgan fingerprint density at radius 2 is 1.28 bits per heavy atom. The van der Waals surface area contributed by atoms with Crippen LogP contribution in [0.1, 0.15) is 33.4 Å². The van der Waals surface area contributed by atoms with Crippen molar-refractivity contribution in [3.05, 3.63) is 137 Å². The summed E-state index contributed by atoms with van der Waals surface area (Å²) >= 11 is 0. The van der Waals surface area contributed by atoms with E-state index in [4.69, 9.17) is 0 Å². The fraction of sp³-hybridized carbons (Fsp3) is 0.0625. The van der Waals surface area contributed by atoms with E-state index in [0.29, 0.717) is 0 Å². The number of hydrogen-bond acceptors (Lipinski definition) is 0. The second-order valence-electron chi connectivity index (χ2n) is 9.01. The minimum absolute atomic E-state index is 0.285. The normalized spacial score (nSPS) is 14.2. The summed E-state index contributed by atoms with van der Waals surface area (Å²) in [6.07, 6.45) is 1.99. The minimum Gasteiger partial charge on any atom is -0.0985 e. The lowest BCUT2D eigenvalue weighted by molar-refractivity contribution is 0.793. The van der Waals surface area contributed by atoms with Gasteiger partial charge in [0.15, 0.2) is 0 Å². The standard InChI is InChI=1S/C32H22/c1-3-21-19-26-30(18-20(21)2)32(29-17-16-22-10-4-5-11-23(22)31(26)29)27-14-8-6-12-24(27)25-13-7-9-15-28(25)32/h3-19H,1H2,2H3. The van der Waals surface area contributed by atoms with Gasteiger partial charge in [0, 0.05) is 0 Å². The Morgan fingerprint density at radius 1 is 0.625 bits per heavy atom. The summed E-state index contributed by atoms with van der Waals surface area (Å²) in [6, 6.07) is 36.2. The molecule has 32 heavy (non-hydrogen) atoms. The van der Waals surface area contributed by atoms with E-state index < -0.39 is 0 Å². The Hall–Kier alpha value is -3.90. The van der Waals surface area contributed by atoms with Gasteiger partial charge in [-0.3, -0.25) is 0 Å². The van der Waals surface area contributed by atoms with Crippen LogP contribution in [0.15, 0.2) is 104 Å². The van der Waals surface area contributed by atoms with Gasteiger partial charge in [0.1, 0.15) is 0 Å². The van der Waals surface area contributed by atoms with Crippen molar-refractivity contribution < 1.29 is 0 Å². The molecule has 0 nitrogen and oxygen atoms in total. The van der Waals surface area contributed by atoms with E-state index in [1.165, 1.54) is 66.4 Å². The number of benzene rings is 5. The molecule has 0 saturated heterocycles. The van der Waals surface area contributed by atoms with Crippen molar-refractivity contribution in [1.82, 2.24) is 0 Å². The lowest BCUT2D eigenvalue weighted by Crippen LogP contribution is -2.26. The molecule has 150 valence electrons. The van der Waals surface area contributed by atoms with Gasteiger partial charge in [0.05, 0.1) is 5.41 Å². The highest BCUT2D eigenvalue weighted by molar-refractivity contribution is 6.06. The predicted octanol–water partition coefficient (Wildman–Crippen LogP) is 8.13. The van der Waals surface area contributed by atoms with Crippen LogP contribution >= 0.6 is 0 Å². The first kappa shape index (κ1) is 17.7. The third-order valence-electron chi connectivity index (χ3n) is 7.58. The zero-order chi connectivity index (χ0) is 21.4. The van der Waals surface area contributed by atoms with Gasteiger partial charge in [0.2, 0.25) is 0 Å². The first-order chi connectivity index (χ1) is 15.7. The minimum atomic E-state index is -0.285. The Bertz CT molecular complexity index is 1550. The van der Waals surface area contributed by atoms with Crippen LogP contribution in [0.4, 0.5) is 0 Å². The molecule has 7 rings (SSSR count). The first-order valence-electron chi connectivity index (χ1n) is 11.2. The molecule has 0 bridgehead atoms. The third-order valence-corrected chi connectivity index (χ3v) is 7.58. The molecule has 0 heterocycles. The number of fused-ring (bicyclic) bond motifs is 12. The average Bonchev–Trinajstić information content (AvgIpc) is 3.30. The van der Waals surface area contributed by atoms with Gasteiger partial charge in [-0.15, -0.1) is 0 Å². The lowest BCUT2D eigenvalue weighted by atomic mass is 9.70. The Kier molecular flexibility index (Phi) is 3.37. The number of rotatable bonds is 1. The van der Waals surface area contributed by atoms with Crippen LogP contribution in [0.5, 0.6) is 0 Å². The Labute approximate surface area is 188 Å². The largest absolute Gasteiger partial charge is 0.0985 e. The highest BCUT2D eigenvalue weighted by Crippen LogP contribution is 2.63. The van der Waals surface area contributed by atoms with Crippen molar-refractivity contribution in [3.8, 4) is 22.3 Å². The van der Waals surface area contributed by atoms with E-state index in [1.807, 2.05) is 6.08 Å². The highest BCUT2D eigenvalue weighted by atomic mass is 14.5. The molecule has 0 saturated carbocycles. The lowest BCUT2D eigenvalue weighted by Gasteiger charge is -2.31. The van der Waals surface area contributed by atoms with Gasteiger partial charge in [-0.25, -0.2) is 0 Å². The van der Waals surface area contributed by atoms with Crippen molar-refractivity contribution in [2.24, 2.45) is 0 Å². The topological polar surface area (TPSA) is 0 Å². The van der Waals surface area contributed by atoms with Crippen LogP contribution in [-0.4, -0.2) is 0 Å². The van der Waals surface area contributed by atoms with E-state index in [1.54, 1.807) is 0 Å². The SMILES string of the molecule is C=Cc1cc2c(cc1C)C1(c3ccccc3-c3ccccc31)c1ccc3ccccc3c1-2. The molecule has 0 aromatic heterocycles. The van der Waals surface area contributed by atoms with Gasteiger partial charge >= 0.3 is 0 Å². The van der Waals surface area contributed by atoms with Crippen molar-refractivity contribution in [1.29, 1.82) is 0 Å². The molecule has 0 unspecified atom stereocenters. The van der Waals surface area contributed by atoms with Crippen molar-refractivity contribution in [3.63, 3.8) is 0 Å². The summed E-state index contributed by atoms with van der Waals surface area (Å²) in [4.78, 5) is 0. The molecule has 0 N–H and O–H groups in total. The third kappa shape index (κ3) is 1.94. The van der Waals surface area contributed by atoms with E-state index in [2.05, 4.69) is 111 Å². The summed E-state index contributed by atoms with van der Waals surface area (Å²) in [5, 5.41) is 2.61. The fourth-order valence-electron chi connectivity index (χ4n) is 6.30. The maximum absolute atomic E-state index is 4.10. The van der Waals surface area contributed by atoms with Crippen molar-refractivity contribution in [2.75, 3.05) is 0 Å². The molecule has 5 aromatic carbocycles. The van der Waals surface area contributed by atoms with Crippen molar-refractivity contribution >= 4 is 16.8 Å². The molecule has 0 aliphatic heterocycles. The molecular weight excluding hydrogens is 384 g/mol. The van der Waals surface area contributed by atoms with Gasteiger partial charge in [-0.2, -0.15) is 0 Å². The molecule has 2 aliphatic rings. The van der Waals surface area contributed by atoms with Gasteiger partial charge in [0.25, 0.3) is 0 Å². The second kappa shape index (κ2) is 6.08. The molecule has 0 atom stereocenters. The van der Waals surface area contributed by atoms with Crippen LogP contribution < -0.4 is 0 Å². The molecule has 1 spiro atoms. The van der Waals surface area contributed by atoms with Gasteiger partial charge in [-0.05, 0) is 79.4 Å². The number of aryl methyl sites for hydroxylation is 1. The van der Waals surface area contributed by atoms with E-state index in [9.17, 15) is 0 Å². The Morgan fingerprint density at radius 3 is 2.00 bits per heavy atom. The molecule has 2 aliphatic carbocycles. The van der Waals surface area contributed by atoms with Crippen LogP contribution in [-0.2, 0) is 5.41 Å². The highest BCUT2D eigenvalue weighted by Gasteiger charge is 2.52. The second-order valence-corrected chi connectivity index (χ2v) is 9.01. The molecular formula is C32H22. The quantitative estimate of drug-likeness (QED) is 0.258. The first-order valence-corrected chi connectivity index (χ1v) is 11.2. The Balaban J connectivity index is 1.76. The summed E-state index contributed by atoms with van der Waals surface area (Å²) in [5.74, 6) is 0. The zero-order valence-corrected chi connectivity index (χ0v) is 18.0. The van der Waals surface area contributed by atoms with Crippen LogP contribution in [0.3, 0.4) is 0 Å². The summed E-state index contributed by atoms with van der Waals surface area (Å²) < 4.78 is 0. The summed E-state index contributed by atoms with van der Waals surface area (Å²) in [5.41, 5.74) is 13.2. The fourth-order valence-corrected chi connectivity index (χ4v) is 6.30. The predicted molar refractivity (Wildman–Crippen MR) is 135 cm³/mol. The smallest absolute Gasteiger partial charge is 0.0725 e. The van der Waals surface area contributed by atoms with Gasteiger partial charge < -0.3 is 0 Å². The maximum Gasteiger partial charge on any atom is 0.0725 e. The van der Waals surface area contributed by atoms with E-state index >= 15 is 0 Å². The summed E-state index contributed by atoms with van der Waals surface area (Å²) in [7, 11) is 0. The zero-order valence-electron chi connectivity index (χ0n) is 18.0. The van der Waals surface area contributed by atoms with E-state index in [0.717, 1.165) is 0 Å². The monoisotopic (exact) mass is 406 g/mol. The van der Waals surface area contributed by atoms with Crippen LogP contribution in [0.25, 0.3) is 39.1 Å². The van der Waals surface area contributed by atoms with Gasteiger partial charge in [-0.1, -0.05) is 104 Å². The average molecular weight is 407 g/mol. The molecule has 5 aromatic rings. The molecule has 0 radical (unpaired) electrons. The molecule has 0 fully saturated rings.